The highest BCUT2D eigenvalue weighted by molar-refractivity contribution is 4.78. The molecule has 2 rings (SSSR count). The standard InChI is InChI=1S/C12H24N2/c1-2-11-4-3-7-14(9-11)10-12-5-6-13-8-12/h11-13H,2-10H2,1H3/t11?,12-/m0/s1. The van der Waals surface area contributed by atoms with Gasteiger partial charge in [-0.05, 0) is 50.7 Å². The highest BCUT2D eigenvalue weighted by Crippen LogP contribution is 2.21. The lowest BCUT2D eigenvalue weighted by molar-refractivity contribution is 0.152. The van der Waals surface area contributed by atoms with E-state index in [-0.39, 0.29) is 0 Å². The Balaban J connectivity index is 1.73. The van der Waals surface area contributed by atoms with Crippen molar-refractivity contribution in [2.24, 2.45) is 11.8 Å². The van der Waals surface area contributed by atoms with Crippen LogP contribution in [0.25, 0.3) is 0 Å². The van der Waals surface area contributed by atoms with Crippen LogP contribution in [0.2, 0.25) is 0 Å². The summed E-state index contributed by atoms with van der Waals surface area (Å²) in [6, 6.07) is 0. The van der Waals surface area contributed by atoms with E-state index in [1.165, 1.54) is 58.4 Å². The van der Waals surface area contributed by atoms with Crippen LogP contribution in [0.1, 0.15) is 32.6 Å². The average molecular weight is 196 g/mol. The third-order valence-electron chi connectivity index (χ3n) is 3.86. The lowest BCUT2D eigenvalue weighted by Gasteiger charge is -2.33. The summed E-state index contributed by atoms with van der Waals surface area (Å²) in [7, 11) is 0. The van der Waals surface area contributed by atoms with Crippen molar-refractivity contribution in [2.45, 2.75) is 32.6 Å². The maximum atomic E-state index is 3.46. The van der Waals surface area contributed by atoms with E-state index in [9.17, 15) is 0 Å². The number of likely N-dealkylation sites (tertiary alicyclic amines) is 1. The van der Waals surface area contributed by atoms with Gasteiger partial charge in [-0.2, -0.15) is 0 Å². The van der Waals surface area contributed by atoms with Gasteiger partial charge in [-0.15, -0.1) is 0 Å². The molecule has 2 heteroatoms. The Labute approximate surface area is 88.1 Å². The lowest BCUT2D eigenvalue weighted by Crippen LogP contribution is -2.38. The van der Waals surface area contributed by atoms with Crippen molar-refractivity contribution in [1.29, 1.82) is 0 Å². The highest BCUT2D eigenvalue weighted by atomic mass is 15.1. The first-order chi connectivity index (χ1) is 6.88. The van der Waals surface area contributed by atoms with Gasteiger partial charge in [0.15, 0.2) is 0 Å². The van der Waals surface area contributed by atoms with Crippen molar-refractivity contribution < 1.29 is 0 Å². The summed E-state index contributed by atoms with van der Waals surface area (Å²) in [6.45, 7) is 8.91. The van der Waals surface area contributed by atoms with Crippen molar-refractivity contribution >= 4 is 0 Å². The summed E-state index contributed by atoms with van der Waals surface area (Å²) in [6.07, 6.45) is 5.67. The molecule has 82 valence electrons. The summed E-state index contributed by atoms with van der Waals surface area (Å²) in [5.74, 6) is 1.92. The second-order valence-corrected chi connectivity index (χ2v) is 5.03. The van der Waals surface area contributed by atoms with Gasteiger partial charge < -0.3 is 10.2 Å². The van der Waals surface area contributed by atoms with Gasteiger partial charge in [-0.1, -0.05) is 13.3 Å². The van der Waals surface area contributed by atoms with Crippen molar-refractivity contribution in [1.82, 2.24) is 10.2 Å². The Kier molecular flexibility index (Phi) is 3.82. The molecule has 0 aromatic rings. The van der Waals surface area contributed by atoms with Gasteiger partial charge in [0.2, 0.25) is 0 Å². The predicted molar refractivity (Wildman–Crippen MR) is 60.4 cm³/mol. The molecule has 0 aliphatic carbocycles. The van der Waals surface area contributed by atoms with Crippen LogP contribution in [0.15, 0.2) is 0 Å². The molecule has 0 aromatic carbocycles. The molecule has 2 aliphatic rings. The lowest BCUT2D eigenvalue weighted by atomic mass is 9.94. The fourth-order valence-electron chi connectivity index (χ4n) is 2.89. The average Bonchev–Trinajstić information content (AvgIpc) is 2.71. The third kappa shape index (κ3) is 2.71. The number of nitrogens with one attached hydrogen (secondary N) is 1. The summed E-state index contributed by atoms with van der Waals surface area (Å²) in [5.41, 5.74) is 0. The Morgan fingerprint density at radius 2 is 2.21 bits per heavy atom. The first kappa shape index (κ1) is 10.4. The second-order valence-electron chi connectivity index (χ2n) is 5.03. The zero-order chi connectivity index (χ0) is 9.80. The molecule has 2 aliphatic heterocycles. The fraction of sp³-hybridized carbons (Fsp3) is 1.00. The topological polar surface area (TPSA) is 15.3 Å². The van der Waals surface area contributed by atoms with Gasteiger partial charge in [0.05, 0.1) is 0 Å². The first-order valence-electron chi connectivity index (χ1n) is 6.31. The largest absolute Gasteiger partial charge is 0.316 e. The van der Waals surface area contributed by atoms with Crippen LogP contribution in [-0.2, 0) is 0 Å². The van der Waals surface area contributed by atoms with E-state index in [0.717, 1.165) is 11.8 Å². The minimum Gasteiger partial charge on any atom is -0.316 e. The molecule has 0 bridgehead atoms. The second kappa shape index (κ2) is 5.13. The fourth-order valence-corrected chi connectivity index (χ4v) is 2.89. The van der Waals surface area contributed by atoms with Crippen molar-refractivity contribution in [2.75, 3.05) is 32.7 Å². The summed E-state index contributed by atoms with van der Waals surface area (Å²) < 4.78 is 0. The maximum absolute atomic E-state index is 3.46. The summed E-state index contributed by atoms with van der Waals surface area (Å²) in [5, 5.41) is 3.46. The highest BCUT2D eigenvalue weighted by Gasteiger charge is 2.22. The smallest absolute Gasteiger partial charge is 0.00224 e. The molecule has 0 aromatic heterocycles. The zero-order valence-corrected chi connectivity index (χ0v) is 9.47. The van der Waals surface area contributed by atoms with Crippen molar-refractivity contribution in [3.8, 4) is 0 Å². The van der Waals surface area contributed by atoms with Gasteiger partial charge in [-0.3, -0.25) is 0 Å². The molecule has 14 heavy (non-hydrogen) atoms. The quantitative estimate of drug-likeness (QED) is 0.739. The molecule has 2 heterocycles. The number of hydrogen-bond donors (Lipinski definition) is 1. The van der Waals surface area contributed by atoms with Crippen LogP contribution in [0.5, 0.6) is 0 Å². The van der Waals surface area contributed by atoms with Gasteiger partial charge >= 0.3 is 0 Å². The van der Waals surface area contributed by atoms with Crippen LogP contribution in [0.4, 0.5) is 0 Å². The van der Waals surface area contributed by atoms with Gasteiger partial charge in [0.25, 0.3) is 0 Å². The zero-order valence-electron chi connectivity index (χ0n) is 9.47. The van der Waals surface area contributed by atoms with E-state index in [0.29, 0.717) is 0 Å². The van der Waals surface area contributed by atoms with Gasteiger partial charge in [0.1, 0.15) is 0 Å². The Morgan fingerprint density at radius 1 is 1.29 bits per heavy atom. The molecule has 0 spiro atoms. The van der Waals surface area contributed by atoms with E-state index in [1.807, 2.05) is 0 Å². The van der Waals surface area contributed by atoms with E-state index in [4.69, 9.17) is 0 Å². The van der Waals surface area contributed by atoms with E-state index >= 15 is 0 Å². The van der Waals surface area contributed by atoms with Crippen LogP contribution in [0.3, 0.4) is 0 Å². The predicted octanol–water partition coefficient (Wildman–Crippen LogP) is 1.72. The molecule has 0 saturated carbocycles. The monoisotopic (exact) mass is 196 g/mol. The molecule has 2 nitrogen and oxygen atoms in total. The van der Waals surface area contributed by atoms with Crippen LogP contribution in [0, 0.1) is 11.8 Å². The molecule has 1 N–H and O–H groups in total. The van der Waals surface area contributed by atoms with Gasteiger partial charge in [0, 0.05) is 13.1 Å². The van der Waals surface area contributed by atoms with E-state index in [2.05, 4.69) is 17.1 Å². The van der Waals surface area contributed by atoms with Crippen LogP contribution >= 0.6 is 0 Å². The molecule has 2 atom stereocenters. The normalized spacial score (nSPS) is 34.9. The Morgan fingerprint density at radius 3 is 2.93 bits per heavy atom. The maximum Gasteiger partial charge on any atom is 0.00224 e. The Bertz CT molecular complexity index is 164. The van der Waals surface area contributed by atoms with Crippen molar-refractivity contribution in [3.05, 3.63) is 0 Å². The van der Waals surface area contributed by atoms with Gasteiger partial charge in [-0.25, -0.2) is 0 Å². The summed E-state index contributed by atoms with van der Waals surface area (Å²) in [4.78, 5) is 2.70. The number of piperidine rings is 1. The van der Waals surface area contributed by atoms with Crippen molar-refractivity contribution in [3.63, 3.8) is 0 Å². The third-order valence-corrected chi connectivity index (χ3v) is 3.86. The number of rotatable bonds is 3. The molecular formula is C12H24N2. The molecule has 0 amide bonds. The first-order valence-corrected chi connectivity index (χ1v) is 6.31. The van der Waals surface area contributed by atoms with Crippen LogP contribution in [-0.4, -0.2) is 37.6 Å². The molecule has 2 fully saturated rings. The minimum absolute atomic E-state index is 0.936. The number of nitrogens with zero attached hydrogens (tertiary/aromatic N) is 1. The summed E-state index contributed by atoms with van der Waals surface area (Å²) >= 11 is 0. The minimum atomic E-state index is 0.936. The van der Waals surface area contributed by atoms with E-state index < -0.39 is 0 Å². The molecule has 2 saturated heterocycles. The van der Waals surface area contributed by atoms with Crippen LogP contribution < -0.4 is 5.32 Å². The molecular weight excluding hydrogens is 172 g/mol. The Hall–Kier alpha value is -0.0800. The molecule has 1 unspecified atom stereocenters. The van der Waals surface area contributed by atoms with E-state index in [1.54, 1.807) is 0 Å². The SMILES string of the molecule is CCC1CCCN(C[C@H]2CCNC2)C1. The molecule has 0 radical (unpaired) electrons. The number of hydrogen-bond acceptors (Lipinski definition) is 2.